The van der Waals surface area contributed by atoms with Crippen LogP contribution in [0.3, 0.4) is 0 Å². The molecule has 152 valence electrons. The first-order valence-corrected chi connectivity index (χ1v) is 9.14. The van der Waals surface area contributed by atoms with Gasteiger partial charge in [0, 0.05) is 17.8 Å². The Morgan fingerprint density at radius 3 is 2.63 bits per heavy atom. The van der Waals surface area contributed by atoms with Crippen LogP contribution < -0.4 is 10.6 Å². The fourth-order valence-corrected chi connectivity index (χ4v) is 2.83. The van der Waals surface area contributed by atoms with E-state index < -0.39 is 34.2 Å². The van der Waals surface area contributed by atoms with Gasteiger partial charge < -0.3 is 9.73 Å². The van der Waals surface area contributed by atoms with Gasteiger partial charge in [0.05, 0.1) is 16.9 Å². The molecule has 0 saturated carbocycles. The molecule has 0 atom stereocenters. The minimum absolute atomic E-state index is 0.00625. The second-order valence-corrected chi connectivity index (χ2v) is 6.57. The Morgan fingerprint density at radius 2 is 2.03 bits per heavy atom. The highest BCUT2D eigenvalue weighted by molar-refractivity contribution is 8.14. The van der Waals surface area contributed by atoms with E-state index in [2.05, 4.69) is 20.6 Å². The Bertz CT molecular complexity index is 1090. The number of amidine groups is 2. The van der Waals surface area contributed by atoms with Crippen molar-refractivity contribution in [3.8, 4) is 0 Å². The van der Waals surface area contributed by atoms with Crippen LogP contribution in [0.25, 0.3) is 0 Å². The maximum absolute atomic E-state index is 12.1. The van der Waals surface area contributed by atoms with Gasteiger partial charge in [-0.25, -0.2) is 4.99 Å². The first-order chi connectivity index (χ1) is 14.3. The quantitative estimate of drug-likeness (QED) is 0.477. The standard InChI is InChI=1S/C17H12N6O6S/c18-14-13(20-15(25)11-2-1-7-29-11)16(26)22-17(21-14)30-8-12(24)19-9-3-5-10(6-4-9)23(27)28/h1-7H,8H2,(H,19,24)(H2,18,21,22,26). The molecule has 12 nitrogen and oxygen atoms in total. The number of nitro benzene ring substituents is 1. The van der Waals surface area contributed by atoms with Crippen molar-refractivity contribution in [1.82, 2.24) is 5.32 Å². The molecule has 2 heterocycles. The summed E-state index contributed by atoms with van der Waals surface area (Å²) in [5.74, 6) is -2.87. The molecule has 2 aromatic rings. The summed E-state index contributed by atoms with van der Waals surface area (Å²) in [5.41, 5.74) is -0.223. The molecule has 1 aromatic carbocycles. The van der Waals surface area contributed by atoms with E-state index in [1.54, 1.807) is 0 Å². The number of hydrogen-bond acceptors (Lipinski definition) is 8. The third-order valence-corrected chi connectivity index (χ3v) is 4.39. The molecule has 0 unspecified atom stereocenters. The summed E-state index contributed by atoms with van der Waals surface area (Å²) in [6, 6.07) is 8.12. The average molecular weight is 428 g/mol. The second kappa shape index (κ2) is 8.91. The highest BCUT2D eigenvalue weighted by Gasteiger charge is 2.26. The molecule has 0 bridgehead atoms. The monoisotopic (exact) mass is 428 g/mol. The van der Waals surface area contributed by atoms with Crippen LogP contribution in [-0.4, -0.2) is 45.1 Å². The van der Waals surface area contributed by atoms with Gasteiger partial charge in [-0.3, -0.25) is 35.2 Å². The lowest BCUT2D eigenvalue weighted by molar-refractivity contribution is -0.384. The highest BCUT2D eigenvalue weighted by Crippen LogP contribution is 2.16. The summed E-state index contributed by atoms with van der Waals surface area (Å²) in [5, 5.41) is 23.3. The molecule has 3 amide bonds. The number of carbonyl (C=O) groups excluding carboxylic acids is 3. The third-order valence-electron chi connectivity index (χ3n) is 3.52. The van der Waals surface area contributed by atoms with Gasteiger partial charge in [0.25, 0.3) is 11.6 Å². The van der Waals surface area contributed by atoms with Gasteiger partial charge in [-0.1, -0.05) is 11.8 Å². The fourth-order valence-electron chi connectivity index (χ4n) is 2.17. The number of carbonyl (C=O) groups is 3. The Labute approximate surface area is 172 Å². The number of aliphatic imine (C=N–C) groups is 2. The largest absolute Gasteiger partial charge is 0.459 e. The van der Waals surface area contributed by atoms with Crippen LogP contribution in [0.4, 0.5) is 11.4 Å². The molecule has 3 rings (SSSR count). The van der Waals surface area contributed by atoms with Gasteiger partial charge in [-0.2, -0.15) is 4.99 Å². The van der Waals surface area contributed by atoms with E-state index in [0.717, 1.165) is 11.8 Å². The smallest absolute Gasteiger partial charge is 0.313 e. The number of amides is 3. The molecular weight excluding hydrogens is 416 g/mol. The lowest BCUT2D eigenvalue weighted by Gasteiger charge is -2.14. The number of hydrogen-bond donors (Lipinski definition) is 3. The van der Waals surface area contributed by atoms with Gasteiger partial charge in [0.2, 0.25) is 5.91 Å². The van der Waals surface area contributed by atoms with Gasteiger partial charge in [0.1, 0.15) is 0 Å². The van der Waals surface area contributed by atoms with E-state index in [4.69, 9.17) is 9.83 Å². The van der Waals surface area contributed by atoms with Crippen molar-refractivity contribution in [3.05, 3.63) is 58.5 Å². The van der Waals surface area contributed by atoms with Crippen molar-refractivity contribution in [3.63, 3.8) is 0 Å². The molecule has 0 radical (unpaired) electrons. The predicted molar refractivity (Wildman–Crippen MR) is 108 cm³/mol. The zero-order valence-electron chi connectivity index (χ0n) is 14.9. The Morgan fingerprint density at radius 1 is 1.30 bits per heavy atom. The zero-order chi connectivity index (χ0) is 21.7. The van der Waals surface area contributed by atoms with Crippen LogP contribution in [0.5, 0.6) is 0 Å². The SMILES string of the molecule is N=C1N=C(SCC(=O)Nc2ccc([N+](=O)[O-])cc2)NC(=O)C1=NC(=O)c1ccco1. The molecule has 30 heavy (non-hydrogen) atoms. The molecular formula is C17H12N6O6S. The number of nitrogens with one attached hydrogen (secondary N) is 3. The Hall–Kier alpha value is -4.13. The zero-order valence-corrected chi connectivity index (χ0v) is 15.8. The van der Waals surface area contributed by atoms with Crippen LogP contribution in [0.2, 0.25) is 0 Å². The topological polar surface area (TPSA) is 180 Å². The lowest BCUT2D eigenvalue weighted by atomic mass is 10.3. The average Bonchev–Trinajstić information content (AvgIpc) is 3.24. The van der Waals surface area contributed by atoms with Crippen LogP contribution in [0.1, 0.15) is 10.6 Å². The maximum Gasteiger partial charge on any atom is 0.313 e. The van der Waals surface area contributed by atoms with E-state index in [1.165, 1.54) is 42.7 Å². The van der Waals surface area contributed by atoms with E-state index in [0.29, 0.717) is 5.69 Å². The van der Waals surface area contributed by atoms with Crippen LogP contribution >= 0.6 is 11.8 Å². The van der Waals surface area contributed by atoms with Crippen molar-refractivity contribution in [1.29, 1.82) is 5.41 Å². The van der Waals surface area contributed by atoms with Crippen molar-refractivity contribution in [2.24, 2.45) is 9.98 Å². The third kappa shape index (κ3) is 5.02. The molecule has 1 aromatic heterocycles. The van der Waals surface area contributed by atoms with E-state index in [1.807, 2.05) is 0 Å². The summed E-state index contributed by atoms with van der Waals surface area (Å²) in [4.78, 5) is 53.5. The summed E-state index contributed by atoms with van der Waals surface area (Å²) in [7, 11) is 0. The summed E-state index contributed by atoms with van der Waals surface area (Å²) in [6.45, 7) is 0. The minimum atomic E-state index is -0.830. The summed E-state index contributed by atoms with van der Waals surface area (Å²) >= 11 is 0.857. The Balaban J connectivity index is 1.58. The van der Waals surface area contributed by atoms with E-state index in [-0.39, 0.29) is 22.4 Å². The molecule has 0 saturated heterocycles. The molecule has 0 aliphatic carbocycles. The number of nitro groups is 1. The number of rotatable bonds is 5. The molecule has 1 aliphatic heterocycles. The van der Waals surface area contributed by atoms with Crippen molar-refractivity contribution in [2.45, 2.75) is 0 Å². The lowest BCUT2D eigenvalue weighted by Crippen LogP contribution is -2.43. The number of benzene rings is 1. The van der Waals surface area contributed by atoms with Gasteiger partial charge in [-0.05, 0) is 24.3 Å². The summed E-state index contributed by atoms with van der Waals surface area (Å²) in [6.07, 6.45) is 1.27. The molecule has 1 aliphatic rings. The van der Waals surface area contributed by atoms with Gasteiger partial charge >= 0.3 is 5.91 Å². The molecule has 13 heteroatoms. The van der Waals surface area contributed by atoms with Crippen molar-refractivity contribution >= 4 is 57.6 Å². The van der Waals surface area contributed by atoms with Crippen LogP contribution in [-0.2, 0) is 9.59 Å². The summed E-state index contributed by atoms with van der Waals surface area (Å²) < 4.78 is 4.88. The van der Waals surface area contributed by atoms with Crippen molar-refractivity contribution < 1.29 is 23.7 Å². The Kier molecular flexibility index (Phi) is 6.12. The fraction of sp³-hybridized carbons (Fsp3) is 0.0588. The minimum Gasteiger partial charge on any atom is -0.459 e. The van der Waals surface area contributed by atoms with E-state index >= 15 is 0 Å². The molecule has 0 spiro atoms. The second-order valence-electron chi connectivity index (χ2n) is 5.60. The number of thioether (sulfide) groups is 1. The van der Waals surface area contributed by atoms with Crippen LogP contribution in [0, 0.1) is 15.5 Å². The highest BCUT2D eigenvalue weighted by atomic mass is 32.2. The normalized spacial score (nSPS) is 14.8. The molecule has 3 N–H and O–H groups in total. The maximum atomic E-state index is 12.1. The van der Waals surface area contributed by atoms with Crippen LogP contribution in [0.15, 0.2) is 57.1 Å². The van der Waals surface area contributed by atoms with Crippen molar-refractivity contribution in [2.75, 3.05) is 11.1 Å². The van der Waals surface area contributed by atoms with Gasteiger partial charge in [0.15, 0.2) is 22.5 Å². The first kappa shape index (κ1) is 20.6. The van der Waals surface area contributed by atoms with E-state index in [9.17, 15) is 24.5 Å². The number of non-ortho nitro benzene ring substituents is 1. The first-order valence-electron chi connectivity index (χ1n) is 8.16. The number of nitrogens with zero attached hydrogens (tertiary/aromatic N) is 3. The molecule has 0 fully saturated rings. The predicted octanol–water partition coefficient (Wildman–Crippen LogP) is 1.60. The number of furan rings is 1. The van der Waals surface area contributed by atoms with Gasteiger partial charge in [-0.15, -0.1) is 0 Å². The number of anilines is 1.